The SMILES string of the molecule is CC1CCN(C(=O)[C@@H]2[C@@H](C(=O)O)[C@H]3C=C[C@H]2O3)CC1. The Hall–Kier alpha value is -1.36. The van der Waals surface area contributed by atoms with Crippen LogP contribution < -0.4 is 0 Å². The maximum Gasteiger partial charge on any atom is 0.310 e. The van der Waals surface area contributed by atoms with Gasteiger partial charge in [-0.3, -0.25) is 9.59 Å². The average Bonchev–Trinajstić information content (AvgIpc) is 2.98. The summed E-state index contributed by atoms with van der Waals surface area (Å²) < 4.78 is 5.55. The molecule has 5 nitrogen and oxygen atoms in total. The molecule has 19 heavy (non-hydrogen) atoms. The van der Waals surface area contributed by atoms with E-state index in [1.54, 1.807) is 6.08 Å². The van der Waals surface area contributed by atoms with Crippen LogP contribution in [-0.4, -0.2) is 47.2 Å². The third-order valence-corrected chi connectivity index (χ3v) is 4.57. The summed E-state index contributed by atoms with van der Waals surface area (Å²) in [5.74, 6) is -1.59. The highest BCUT2D eigenvalue weighted by molar-refractivity contribution is 5.87. The summed E-state index contributed by atoms with van der Waals surface area (Å²) in [6, 6.07) is 0. The fraction of sp³-hybridized carbons (Fsp3) is 0.714. The normalized spacial score (nSPS) is 37.8. The number of amides is 1. The van der Waals surface area contributed by atoms with Crippen molar-refractivity contribution in [3.63, 3.8) is 0 Å². The Labute approximate surface area is 112 Å². The van der Waals surface area contributed by atoms with Crippen LogP contribution in [0.3, 0.4) is 0 Å². The van der Waals surface area contributed by atoms with Crippen molar-refractivity contribution >= 4 is 11.9 Å². The number of nitrogens with zero attached hydrogens (tertiary/aromatic N) is 1. The predicted molar refractivity (Wildman–Crippen MR) is 67.4 cm³/mol. The lowest BCUT2D eigenvalue weighted by molar-refractivity contribution is -0.150. The third kappa shape index (κ3) is 2.06. The van der Waals surface area contributed by atoms with Gasteiger partial charge in [-0.15, -0.1) is 0 Å². The van der Waals surface area contributed by atoms with Gasteiger partial charge in [0.25, 0.3) is 0 Å². The van der Waals surface area contributed by atoms with Gasteiger partial charge in [-0.25, -0.2) is 0 Å². The van der Waals surface area contributed by atoms with E-state index >= 15 is 0 Å². The molecule has 3 aliphatic rings. The number of piperidine rings is 1. The van der Waals surface area contributed by atoms with Crippen LogP contribution in [0.15, 0.2) is 12.2 Å². The fourth-order valence-corrected chi connectivity index (χ4v) is 3.34. The Balaban J connectivity index is 1.75. The van der Waals surface area contributed by atoms with E-state index < -0.39 is 23.9 Å². The van der Waals surface area contributed by atoms with Crippen LogP contribution >= 0.6 is 0 Å². The molecule has 2 fully saturated rings. The van der Waals surface area contributed by atoms with Gasteiger partial charge in [0.2, 0.25) is 5.91 Å². The van der Waals surface area contributed by atoms with Gasteiger partial charge in [-0.05, 0) is 18.8 Å². The predicted octanol–water partition coefficient (Wildman–Crippen LogP) is 0.899. The topological polar surface area (TPSA) is 66.8 Å². The fourth-order valence-electron chi connectivity index (χ4n) is 3.34. The summed E-state index contributed by atoms with van der Waals surface area (Å²) in [5, 5.41) is 9.31. The molecule has 0 saturated carbocycles. The number of carboxylic acids is 1. The summed E-state index contributed by atoms with van der Waals surface area (Å²) in [7, 11) is 0. The van der Waals surface area contributed by atoms with Crippen LogP contribution in [0.4, 0.5) is 0 Å². The largest absolute Gasteiger partial charge is 0.481 e. The van der Waals surface area contributed by atoms with E-state index in [0.29, 0.717) is 5.92 Å². The first kappa shape index (κ1) is 12.7. The molecule has 3 aliphatic heterocycles. The van der Waals surface area contributed by atoms with Gasteiger partial charge < -0.3 is 14.7 Å². The van der Waals surface area contributed by atoms with Gasteiger partial charge in [0.05, 0.1) is 18.1 Å². The van der Waals surface area contributed by atoms with Crippen molar-refractivity contribution in [1.82, 2.24) is 4.90 Å². The van der Waals surface area contributed by atoms with Crippen LogP contribution in [0.2, 0.25) is 0 Å². The highest BCUT2D eigenvalue weighted by atomic mass is 16.5. The van der Waals surface area contributed by atoms with Crippen LogP contribution in [0.25, 0.3) is 0 Å². The lowest BCUT2D eigenvalue weighted by Crippen LogP contribution is -2.47. The number of hydrogen-bond acceptors (Lipinski definition) is 3. The van der Waals surface area contributed by atoms with Crippen LogP contribution in [-0.2, 0) is 14.3 Å². The second-order valence-electron chi connectivity index (χ2n) is 5.85. The highest BCUT2D eigenvalue weighted by Crippen LogP contribution is 2.40. The van der Waals surface area contributed by atoms with E-state index in [4.69, 9.17) is 4.74 Å². The molecule has 1 amide bonds. The van der Waals surface area contributed by atoms with Crippen LogP contribution in [0, 0.1) is 17.8 Å². The number of ether oxygens (including phenoxy) is 1. The van der Waals surface area contributed by atoms with E-state index in [1.807, 2.05) is 11.0 Å². The Morgan fingerprint density at radius 1 is 1.16 bits per heavy atom. The minimum absolute atomic E-state index is 0.0452. The van der Waals surface area contributed by atoms with Gasteiger partial charge >= 0.3 is 5.97 Å². The minimum atomic E-state index is -0.930. The summed E-state index contributed by atoms with van der Waals surface area (Å²) in [5.41, 5.74) is 0. The molecular formula is C14H19NO4. The molecule has 2 saturated heterocycles. The molecule has 5 heteroatoms. The molecule has 0 aromatic carbocycles. The van der Waals surface area contributed by atoms with Crippen molar-refractivity contribution < 1.29 is 19.4 Å². The first-order valence-corrected chi connectivity index (χ1v) is 6.93. The summed E-state index contributed by atoms with van der Waals surface area (Å²) in [4.78, 5) is 25.7. The average molecular weight is 265 g/mol. The molecular weight excluding hydrogens is 246 g/mol. The number of hydrogen-bond donors (Lipinski definition) is 1. The zero-order valence-electron chi connectivity index (χ0n) is 11.0. The van der Waals surface area contributed by atoms with Gasteiger partial charge in [0.1, 0.15) is 5.92 Å². The molecule has 0 aliphatic carbocycles. The Morgan fingerprint density at radius 2 is 1.74 bits per heavy atom. The number of carboxylic acid groups (broad SMARTS) is 1. The van der Waals surface area contributed by atoms with Crippen molar-refractivity contribution in [1.29, 1.82) is 0 Å². The quantitative estimate of drug-likeness (QED) is 0.753. The Kier molecular flexibility index (Phi) is 3.09. The lowest BCUT2D eigenvalue weighted by atomic mass is 9.81. The van der Waals surface area contributed by atoms with Crippen LogP contribution in [0.1, 0.15) is 19.8 Å². The van der Waals surface area contributed by atoms with E-state index in [0.717, 1.165) is 25.9 Å². The number of rotatable bonds is 2. The smallest absolute Gasteiger partial charge is 0.310 e. The standard InChI is InChI=1S/C14H19NO4/c1-8-4-6-15(7-5-8)13(16)11-9-2-3-10(19-9)12(11)14(17)18/h2-3,8-12H,4-7H2,1H3,(H,17,18)/t9-,10-,11+,12+/m1/s1. The first-order valence-electron chi connectivity index (χ1n) is 6.93. The summed E-state index contributed by atoms with van der Waals surface area (Å²) in [6.07, 6.45) is 4.82. The second-order valence-corrected chi connectivity index (χ2v) is 5.85. The van der Waals surface area contributed by atoms with Crippen molar-refractivity contribution in [2.75, 3.05) is 13.1 Å². The van der Waals surface area contributed by atoms with Gasteiger partial charge in [-0.2, -0.15) is 0 Å². The summed E-state index contributed by atoms with van der Waals surface area (Å²) in [6.45, 7) is 3.67. The third-order valence-electron chi connectivity index (χ3n) is 4.57. The number of likely N-dealkylation sites (tertiary alicyclic amines) is 1. The van der Waals surface area contributed by atoms with Crippen LogP contribution in [0.5, 0.6) is 0 Å². The lowest BCUT2D eigenvalue weighted by Gasteiger charge is -2.34. The molecule has 4 atom stereocenters. The van der Waals surface area contributed by atoms with E-state index in [1.165, 1.54) is 0 Å². The maximum absolute atomic E-state index is 12.6. The van der Waals surface area contributed by atoms with E-state index in [2.05, 4.69) is 6.92 Å². The molecule has 0 spiro atoms. The van der Waals surface area contributed by atoms with Gasteiger partial charge in [-0.1, -0.05) is 19.1 Å². The molecule has 104 valence electrons. The summed E-state index contributed by atoms with van der Waals surface area (Å²) >= 11 is 0. The first-order chi connectivity index (χ1) is 9.08. The molecule has 0 aromatic heterocycles. The van der Waals surface area contributed by atoms with Gasteiger partial charge in [0, 0.05) is 13.1 Å². The van der Waals surface area contributed by atoms with Crippen molar-refractivity contribution in [2.24, 2.45) is 17.8 Å². The Morgan fingerprint density at radius 3 is 2.32 bits per heavy atom. The molecule has 3 heterocycles. The van der Waals surface area contributed by atoms with Crippen molar-refractivity contribution in [3.05, 3.63) is 12.2 Å². The van der Waals surface area contributed by atoms with Gasteiger partial charge in [0.15, 0.2) is 0 Å². The Bertz CT molecular complexity index is 425. The van der Waals surface area contributed by atoms with E-state index in [-0.39, 0.29) is 12.0 Å². The molecule has 0 unspecified atom stereocenters. The molecule has 3 rings (SSSR count). The van der Waals surface area contributed by atoms with Crippen molar-refractivity contribution in [3.8, 4) is 0 Å². The molecule has 0 radical (unpaired) electrons. The zero-order valence-corrected chi connectivity index (χ0v) is 11.0. The number of carbonyl (C=O) groups excluding carboxylic acids is 1. The molecule has 1 N–H and O–H groups in total. The molecule has 2 bridgehead atoms. The number of fused-ring (bicyclic) bond motifs is 2. The monoisotopic (exact) mass is 265 g/mol. The van der Waals surface area contributed by atoms with E-state index in [9.17, 15) is 14.7 Å². The number of aliphatic carboxylic acids is 1. The number of carbonyl (C=O) groups is 2. The van der Waals surface area contributed by atoms with Crippen molar-refractivity contribution in [2.45, 2.75) is 32.0 Å². The zero-order chi connectivity index (χ0) is 13.6. The second kappa shape index (κ2) is 4.63. The minimum Gasteiger partial charge on any atom is -0.481 e. The molecule has 0 aromatic rings. The highest BCUT2D eigenvalue weighted by Gasteiger charge is 2.54. The maximum atomic E-state index is 12.6.